The maximum atomic E-state index is 13.2. The molecular weight excluding hydrogens is 315 g/mol. The lowest BCUT2D eigenvalue weighted by molar-refractivity contribution is -0.101. The second-order valence-corrected chi connectivity index (χ2v) is 5.89. The number of ether oxygens (including phenoxy) is 1. The molecule has 1 aliphatic rings. The Morgan fingerprint density at radius 1 is 1.09 bits per heavy atom. The molecule has 6 heteroatoms. The first kappa shape index (κ1) is 17.9. The number of rotatable bonds is 6. The van der Waals surface area contributed by atoms with Gasteiger partial charge in [-0.1, -0.05) is 6.08 Å². The highest BCUT2D eigenvalue weighted by Gasteiger charge is 2.33. The first-order valence-electron chi connectivity index (χ1n) is 7.58. The SMILES string of the molecule is C=CC1CCC(C(OCc2cc(F)c(F)c(F)c2)C(F)F)CC1. The van der Waals surface area contributed by atoms with E-state index in [0.717, 1.165) is 25.0 Å². The predicted octanol–water partition coefficient (Wildman–Crippen LogP) is 5.25. The zero-order chi connectivity index (χ0) is 17.0. The minimum Gasteiger partial charge on any atom is -0.367 e. The summed E-state index contributed by atoms with van der Waals surface area (Å²) in [6.07, 6.45) is 0.599. The van der Waals surface area contributed by atoms with Crippen LogP contribution in [0.4, 0.5) is 22.0 Å². The molecule has 23 heavy (non-hydrogen) atoms. The van der Waals surface area contributed by atoms with Crippen LogP contribution in [0.1, 0.15) is 31.2 Å². The van der Waals surface area contributed by atoms with Crippen molar-refractivity contribution in [2.45, 2.75) is 44.8 Å². The van der Waals surface area contributed by atoms with Crippen LogP contribution in [0, 0.1) is 29.3 Å². The second-order valence-electron chi connectivity index (χ2n) is 5.89. The molecule has 1 fully saturated rings. The molecule has 1 atom stereocenters. The Hall–Kier alpha value is -1.43. The third-order valence-electron chi connectivity index (χ3n) is 4.35. The van der Waals surface area contributed by atoms with Gasteiger partial charge in [0.15, 0.2) is 17.5 Å². The summed E-state index contributed by atoms with van der Waals surface area (Å²) in [5, 5.41) is 0. The van der Waals surface area contributed by atoms with Crippen molar-refractivity contribution >= 4 is 0 Å². The molecule has 1 aliphatic carbocycles. The van der Waals surface area contributed by atoms with Gasteiger partial charge in [0.2, 0.25) is 0 Å². The monoisotopic (exact) mass is 334 g/mol. The van der Waals surface area contributed by atoms with E-state index in [1.807, 2.05) is 6.08 Å². The van der Waals surface area contributed by atoms with Crippen molar-refractivity contribution in [2.75, 3.05) is 0 Å². The van der Waals surface area contributed by atoms with E-state index < -0.39 is 30.0 Å². The number of alkyl halides is 2. The fourth-order valence-electron chi connectivity index (χ4n) is 3.01. The van der Waals surface area contributed by atoms with Crippen LogP contribution in [0.3, 0.4) is 0 Å². The van der Waals surface area contributed by atoms with Crippen LogP contribution >= 0.6 is 0 Å². The Morgan fingerprint density at radius 2 is 1.65 bits per heavy atom. The highest BCUT2D eigenvalue weighted by atomic mass is 19.3. The van der Waals surface area contributed by atoms with Crippen molar-refractivity contribution in [1.82, 2.24) is 0 Å². The number of benzene rings is 1. The molecule has 0 saturated heterocycles. The molecule has 0 radical (unpaired) electrons. The van der Waals surface area contributed by atoms with Gasteiger partial charge in [-0.05, 0) is 55.2 Å². The summed E-state index contributed by atoms with van der Waals surface area (Å²) in [7, 11) is 0. The minimum atomic E-state index is -2.68. The average molecular weight is 334 g/mol. The lowest BCUT2D eigenvalue weighted by atomic mass is 9.79. The quantitative estimate of drug-likeness (QED) is 0.392. The second kappa shape index (κ2) is 7.90. The Kier molecular flexibility index (Phi) is 6.16. The molecule has 0 spiro atoms. The van der Waals surface area contributed by atoms with Crippen LogP contribution in [-0.4, -0.2) is 12.5 Å². The van der Waals surface area contributed by atoms with E-state index in [1.165, 1.54) is 0 Å². The van der Waals surface area contributed by atoms with Gasteiger partial charge in [0.05, 0.1) is 6.61 Å². The molecule has 0 amide bonds. The van der Waals surface area contributed by atoms with Gasteiger partial charge in [-0.15, -0.1) is 6.58 Å². The maximum Gasteiger partial charge on any atom is 0.264 e. The third kappa shape index (κ3) is 4.53. The lowest BCUT2D eigenvalue weighted by Gasteiger charge is -2.32. The Balaban J connectivity index is 1.99. The molecule has 2 rings (SSSR count). The Labute approximate surface area is 132 Å². The van der Waals surface area contributed by atoms with E-state index in [1.54, 1.807) is 0 Å². The van der Waals surface area contributed by atoms with Gasteiger partial charge < -0.3 is 4.74 Å². The van der Waals surface area contributed by atoms with Gasteiger partial charge in [-0.3, -0.25) is 0 Å². The van der Waals surface area contributed by atoms with Crippen molar-refractivity contribution in [1.29, 1.82) is 0 Å². The smallest absolute Gasteiger partial charge is 0.264 e. The summed E-state index contributed by atoms with van der Waals surface area (Å²) in [5.41, 5.74) is -0.00757. The Bertz CT molecular complexity index is 515. The Morgan fingerprint density at radius 3 is 2.13 bits per heavy atom. The molecule has 0 aliphatic heterocycles. The van der Waals surface area contributed by atoms with Gasteiger partial charge in [-0.25, -0.2) is 22.0 Å². The van der Waals surface area contributed by atoms with Crippen LogP contribution in [0.25, 0.3) is 0 Å². The van der Waals surface area contributed by atoms with Gasteiger partial charge >= 0.3 is 0 Å². The fraction of sp³-hybridized carbons (Fsp3) is 0.529. The van der Waals surface area contributed by atoms with Crippen molar-refractivity contribution in [2.24, 2.45) is 11.8 Å². The normalized spacial score (nSPS) is 23.0. The summed E-state index contributed by atoms with van der Waals surface area (Å²) < 4.78 is 70.8. The van der Waals surface area contributed by atoms with Crippen molar-refractivity contribution in [3.63, 3.8) is 0 Å². The first-order valence-corrected chi connectivity index (χ1v) is 7.58. The van der Waals surface area contributed by atoms with Gasteiger partial charge in [0.1, 0.15) is 6.10 Å². The van der Waals surface area contributed by atoms with E-state index in [4.69, 9.17) is 4.74 Å². The molecule has 1 saturated carbocycles. The van der Waals surface area contributed by atoms with E-state index in [9.17, 15) is 22.0 Å². The molecule has 1 unspecified atom stereocenters. The van der Waals surface area contributed by atoms with Gasteiger partial charge in [0, 0.05) is 0 Å². The van der Waals surface area contributed by atoms with Crippen LogP contribution in [-0.2, 0) is 11.3 Å². The van der Waals surface area contributed by atoms with Crippen LogP contribution in [0.2, 0.25) is 0 Å². The fourth-order valence-corrected chi connectivity index (χ4v) is 3.01. The number of allylic oxidation sites excluding steroid dienone is 1. The summed E-state index contributed by atoms with van der Waals surface area (Å²) in [6.45, 7) is 3.32. The molecule has 0 heterocycles. The maximum absolute atomic E-state index is 13.2. The summed E-state index contributed by atoms with van der Waals surface area (Å²) in [6, 6.07) is 1.52. The van der Waals surface area contributed by atoms with Crippen LogP contribution in [0.15, 0.2) is 24.8 Å². The molecule has 128 valence electrons. The van der Waals surface area contributed by atoms with E-state index in [2.05, 4.69) is 6.58 Å². The standard InChI is InChI=1S/C17H19F5O/c1-2-10-3-5-12(6-4-10)16(17(21)22)23-9-11-7-13(18)15(20)14(19)8-11/h2,7-8,10,12,16-17H,1,3-6,9H2. The summed E-state index contributed by atoms with van der Waals surface area (Å²) in [5.74, 6) is -4.26. The highest BCUT2D eigenvalue weighted by Crippen LogP contribution is 2.34. The molecule has 1 aromatic rings. The lowest BCUT2D eigenvalue weighted by Crippen LogP contribution is -2.33. The topological polar surface area (TPSA) is 9.23 Å². The molecule has 0 N–H and O–H groups in total. The van der Waals surface area contributed by atoms with Crippen LogP contribution in [0.5, 0.6) is 0 Å². The molecule has 0 aromatic heterocycles. The largest absolute Gasteiger partial charge is 0.367 e. The van der Waals surface area contributed by atoms with Crippen molar-refractivity contribution in [3.05, 3.63) is 47.8 Å². The van der Waals surface area contributed by atoms with Crippen molar-refractivity contribution < 1.29 is 26.7 Å². The third-order valence-corrected chi connectivity index (χ3v) is 4.35. The number of hydrogen-bond donors (Lipinski definition) is 0. The molecule has 1 nitrogen and oxygen atoms in total. The molecule has 1 aromatic carbocycles. The van der Waals surface area contributed by atoms with E-state index >= 15 is 0 Å². The predicted molar refractivity (Wildman–Crippen MR) is 76.5 cm³/mol. The van der Waals surface area contributed by atoms with Gasteiger partial charge in [-0.2, -0.15) is 0 Å². The van der Waals surface area contributed by atoms with Gasteiger partial charge in [0.25, 0.3) is 6.43 Å². The highest BCUT2D eigenvalue weighted by molar-refractivity contribution is 5.18. The minimum absolute atomic E-state index is 0.00757. The number of halogens is 5. The van der Waals surface area contributed by atoms with Crippen LogP contribution < -0.4 is 0 Å². The van der Waals surface area contributed by atoms with Crippen molar-refractivity contribution in [3.8, 4) is 0 Å². The molecule has 0 bridgehead atoms. The van der Waals surface area contributed by atoms with E-state index in [0.29, 0.717) is 18.8 Å². The number of hydrogen-bond acceptors (Lipinski definition) is 1. The average Bonchev–Trinajstić information content (AvgIpc) is 2.53. The molecular formula is C17H19F5O. The summed E-state index contributed by atoms with van der Waals surface area (Å²) >= 11 is 0. The zero-order valence-electron chi connectivity index (χ0n) is 12.6. The summed E-state index contributed by atoms with van der Waals surface area (Å²) in [4.78, 5) is 0. The first-order chi connectivity index (χ1) is 10.9. The van der Waals surface area contributed by atoms with E-state index in [-0.39, 0.29) is 18.1 Å². The zero-order valence-corrected chi connectivity index (χ0v) is 12.6.